The number of carbonyl (C=O) groups excluding carboxylic acids is 1. The lowest BCUT2D eigenvalue weighted by Crippen LogP contribution is -2.43. The number of aromatic nitrogens is 1. The minimum atomic E-state index is -0.546. The van der Waals surface area contributed by atoms with Crippen molar-refractivity contribution in [3.63, 3.8) is 0 Å². The SMILES string of the molecule is O=C(NC[C@@H](O)CN1CCCCC1)Nc1cccnc1N1CCCC1. The maximum atomic E-state index is 12.2. The van der Waals surface area contributed by atoms with E-state index in [2.05, 4.69) is 25.4 Å². The summed E-state index contributed by atoms with van der Waals surface area (Å²) in [5.74, 6) is 0.823. The number of aliphatic hydroxyl groups excluding tert-OH is 1. The Morgan fingerprint density at radius 2 is 1.88 bits per heavy atom. The molecule has 3 N–H and O–H groups in total. The molecule has 2 amide bonds. The lowest BCUT2D eigenvalue weighted by atomic mass is 10.1. The third kappa shape index (κ3) is 5.31. The van der Waals surface area contributed by atoms with E-state index in [-0.39, 0.29) is 12.6 Å². The number of urea groups is 1. The molecule has 138 valence electrons. The fourth-order valence-corrected chi connectivity index (χ4v) is 3.56. The molecule has 0 radical (unpaired) electrons. The number of hydrogen-bond donors (Lipinski definition) is 3. The number of amides is 2. The van der Waals surface area contributed by atoms with E-state index in [0.717, 1.165) is 44.8 Å². The molecule has 1 aromatic rings. The van der Waals surface area contributed by atoms with Crippen LogP contribution in [0.25, 0.3) is 0 Å². The summed E-state index contributed by atoms with van der Waals surface area (Å²) in [6, 6.07) is 3.39. The summed E-state index contributed by atoms with van der Waals surface area (Å²) in [7, 11) is 0. The zero-order valence-electron chi connectivity index (χ0n) is 14.8. The van der Waals surface area contributed by atoms with Crippen LogP contribution in [0.1, 0.15) is 32.1 Å². The molecule has 1 atom stereocenters. The van der Waals surface area contributed by atoms with E-state index in [1.165, 1.54) is 19.3 Å². The van der Waals surface area contributed by atoms with Gasteiger partial charge in [0.15, 0.2) is 5.82 Å². The molecule has 3 rings (SSSR count). The maximum absolute atomic E-state index is 12.2. The Morgan fingerprint density at radius 1 is 1.16 bits per heavy atom. The zero-order valence-corrected chi connectivity index (χ0v) is 14.8. The average Bonchev–Trinajstić information content (AvgIpc) is 3.16. The van der Waals surface area contributed by atoms with E-state index in [1.807, 2.05) is 12.1 Å². The van der Waals surface area contributed by atoms with E-state index in [0.29, 0.717) is 12.2 Å². The summed E-state index contributed by atoms with van der Waals surface area (Å²) in [6.07, 6.45) is 7.19. The lowest BCUT2D eigenvalue weighted by Gasteiger charge is -2.28. The van der Waals surface area contributed by atoms with Crippen molar-refractivity contribution in [2.45, 2.75) is 38.2 Å². The number of likely N-dealkylation sites (tertiary alicyclic amines) is 1. The summed E-state index contributed by atoms with van der Waals surface area (Å²) in [5.41, 5.74) is 0.715. The Morgan fingerprint density at radius 3 is 2.64 bits per heavy atom. The second-order valence-corrected chi connectivity index (χ2v) is 6.92. The molecule has 2 fully saturated rings. The van der Waals surface area contributed by atoms with Gasteiger partial charge in [-0.15, -0.1) is 0 Å². The Hall–Kier alpha value is -1.86. The molecular formula is C18H29N5O2. The summed E-state index contributed by atoms with van der Waals surface area (Å²) < 4.78 is 0. The van der Waals surface area contributed by atoms with Gasteiger partial charge in [-0.3, -0.25) is 0 Å². The van der Waals surface area contributed by atoms with Gasteiger partial charge in [-0.05, 0) is 50.9 Å². The number of hydrogen-bond acceptors (Lipinski definition) is 5. The number of pyridine rings is 1. The van der Waals surface area contributed by atoms with Gasteiger partial charge in [-0.25, -0.2) is 9.78 Å². The lowest BCUT2D eigenvalue weighted by molar-refractivity contribution is 0.102. The van der Waals surface area contributed by atoms with Crippen LogP contribution in [0.15, 0.2) is 18.3 Å². The van der Waals surface area contributed by atoms with Crippen molar-refractivity contribution in [1.82, 2.24) is 15.2 Å². The molecule has 0 saturated carbocycles. The minimum Gasteiger partial charge on any atom is -0.390 e. The molecule has 0 aromatic carbocycles. The molecule has 7 nitrogen and oxygen atoms in total. The molecule has 7 heteroatoms. The molecule has 2 aliphatic rings. The fourth-order valence-electron chi connectivity index (χ4n) is 3.56. The van der Waals surface area contributed by atoms with E-state index >= 15 is 0 Å². The van der Waals surface area contributed by atoms with E-state index < -0.39 is 6.10 Å². The third-order valence-corrected chi connectivity index (χ3v) is 4.86. The third-order valence-electron chi connectivity index (χ3n) is 4.86. The predicted octanol–water partition coefficient (Wildman–Crippen LogP) is 1.65. The van der Waals surface area contributed by atoms with Gasteiger partial charge < -0.3 is 25.5 Å². The number of carbonyl (C=O) groups is 1. The number of nitrogens with one attached hydrogen (secondary N) is 2. The van der Waals surface area contributed by atoms with Crippen molar-refractivity contribution in [3.8, 4) is 0 Å². The van der Waals surface area contributed by atoms with Gasteiger partial charge in [-0.1, -0.05) is 6.42 Å². The summed E-state index contributed by atoms with van der Waals surface area (Å²) >= 11 is 0. The van der Waals surface area contributed by atoms with Crippen molar-refractivity contribution < 1.29 is 9.90 Å². The van der Waals surface area contributed by atoms with Crippen molar-refractivity contribution in [2.24, 2.45) is 0 Å². The fraction of sp³-hybridized carbons (Fsp3) is 0.667. The van der Waals surface area contributed by atoms with Gasteiger partial charge in [0.2, 0.25) is 0 Å². The van der Waals surface area contributed by atoms with Crippen LogP contribution in [0.2, 0.25) is 0 Å². The number of anilines is 2. The first-order valence-electron chi connectivity index (χ1n) is 9.37. The van der Waals surface area contributed by atoms with Crippen LogP contribution < -0.4 is 15.5 Å². The standard InChI is InChI=1S/C18H29N5O2/c24-15(14-22-9-2-1-3-10-22)13-20-18(25)21-16-7-6-8-19-17(16)23-11-4-5-12-23/h6-8,15,24H,1-5,9-14H2,(H2,20,21,25)/t15-/m1/s1. The van der Waals surface area contributed by atoms with Gasteiger partial charge in [0.25, 0.3) is 0 Å². The molecule has 0 unspecified atom stereocenters. The van der Waals surface area contributed by atoms with Gasteiger partial charge in [0.1, 0.15) is 0 Å². The topological polar surface area (TPSA) is 80.7 Å². The predicted molar refractivity (Wildman–Crippen MR) is 99.0 cm³/mol. The van der Waals surface area contributed by atoms with Crippen molar-refractivity contribution >= 4 is 17.5 Å². The van der Waals surface area contributed by atoms with Crippen LogP contribution in [-0.2, 0) is 0 Å². The highest BCUT2D eigenvalue weighted by atomic mass is 16.3. The van der Waals surface area contributed by atoms with E-state index in [4.69, 9.17) is 0 Å². The van der Waals surface area contributed by atoms with Crippen LogP contribution in [0.3, 0.4) is 0 Å². The van der Waals surface area contributed by atoms with Gasteiger partial charge in [-0.2, -0.15) is 0 Å². The molecular weight excluding hydrogens is 318 g/mol. The largest absolute Gasteiger partial charge is 0.390 e. The monoisotopic (exact) mass is 347 g/mol. The summed E-state index contributed by atoms with van der Waals surface area (Å²) in [5, 5.41) is 15.8. The molecule has 2 aliphatic heterocycles. The van der Waals surface area contributed by atoms with Crippen LogP contribution >= 0.6 is 0 Å². The minimum absolute atomic E-state index is 0.252. The molecule has 0 aliphatic carbocycles. The summed E-state index contributed by atoms with van der Waals surface area (Å²) in [4.78, 5) is 21.1. The second-order valence-electron chi connectivity index (χ2n) is 6.92. The maximum Gasteiger partial charge on any atom is 0.319 e. The Kier molecular flexibility index (Phi) is 6.47. The quantitative estimate of drug-likeness (QED) is 0.729. The number of nitrogens with zero attached hydrogens (tertiary/aromatic N) is 3. The Balaban J connectivity index is 1.46. The zero-order chi connectivity index (χ0) is 17.5. The van der Waals surface area contributed by atoms with Crippen molar-refractivity contribution in [1.29, 1.82) is 0 Å². The molecule has 25 heavy (non-hydrogen) atoms. The first-order chi connectivity index (χ1) is 12.2. The number of piperidine rings is 1. The molecule has 0 bridgehead atoms. The van der Waals surface area contributed by atoms with Gasteiger partial charge in [0, 0.05) is 32.4 Å². The highest BCUT2D eigenvalue weighted by Gasteiger charge is 2.19. The Labute approximate surface area is 149 Å². The van der Waals surface area contributed by atoms with E-state index in [9.17, 15) is 9.90 Å². The van der Waals surface area contributed by atoms with E-state index in [1.54, 1.807) is 6.20 Å². The van der Waals surface area contributed by atoms with Crippen LogP contribution in [0, 0.1) is 0 Å². The van der Waals surface area contributed by atoms with Crippen LogP contribution in [-0.4, -0.2) is 66.4 Å². The normalized spacial score (nSPS) is 19.6. The van der Waals surface area contributed by atoms with Crippen molar-refractivity contribution in [2.75, 3.05) is 49.5 Å². The van der Waals surface area contributed by atoms with Gasteiger partial charge >= 0.3 is 6.03 Å². The summed E-state index contributed by atoms with van der Waals surface area (Å²) in [6.45, 7) is 4.90. The van der Waals surface area contributed by atoms with Crippen molar-refractivity contribution in [3.05, 3.63) is 18.3 Å². The number of β-amino-alcohol motifs (C(OH)–C–C–N with tert-alkyl or cyclic N) is 1. The van der Waals surface area contributed by atoms with Crippen LogP contribution in [0.4, 0.5) is 16.3 Å². The number of aliphatic hydroxyl groups is 1. The number of rotatable bonds is 6. The first-order valence-corrected chi connectivity index (χ1v) is 9.37. The molecule has 1 aromatic heterocycles. The molecule has 3 heterocycles. The highest BCUT2D eigenvalue weighted by Crippen LogP contribution is 2.25. The molecule has 2 saturated heterocycles. The molecule has 0 spiro atoms. The first kappa shape index (κ1) is 17.9. The second kappa shape index (κ2) is 9.01. The smallest absolute Gasteiger partial charge is 0.319 e. The highest BCUT2D eigenvalue weighted by molar-refractivity contribution is 5.92. The van der Waals surface area contributed by atoms with Crippen LogP contribution in [0.5, 0.6) is 0 Å². The Bertz CT molecular complexity index is 556. The average molecular weight is 347 g/mol. The van der Waals surface area contributed by atoms with Gasteiger partial charge in [0.05, 0.1) is 11.8 Å².